The van der Waals surface area contributed by atoms with Crippen molar-refractivity contribution in [3.8, 4) is 17.4 Å². The lowest BCUT2D eigenvalue weighted by atomic mass is 9.75. The van der Waals surface area contributed by atoms with Crippen molar-refractivity contribution >= 4 is 18.3 Å². The number of anilines is 1. The zero-order valence-electron chi connectivity index (χ0n) is 25.6. The Bertz CT molecular complexity index is 1790. The Morgan fingerprint density at radius 1 is 0.889 bits per heavy atom. The number of aromatic nitrogens is 4. The lowest BCUT2D eigenvalue weighted by Gasteiger charge is -2.37. The van der Waals surface area contributed by atoms with Crippen LogP contribution in [0.5, 0.6) is 5.75 Å². The normalized spacial score (nSPS) is 16.1. The van der Waals surface area contributed by atoms with Crippen molar-refractivity contribution in [3.05, 3.63) is 118 Å². The monoisotopic (exact) mass is 601 g/mol. The molecule has 1 fully saturated rings. The predicted molar refractivity (Wildman–Crippen MR) is 170 cm³/mol. The summed E-state index contributed by atoms with van der Waals surface area (Å²) < 4.78 is 11.0. The van der Waals surface area contributed by atoms with Crippen LogP contribution in [0, 0.1) is 12.8 Å². The molecule has 0 aliphatic heterocycles. The number of nitrogens with one attached hydrogen (secondary N) is 1. The molecular formula is C36H35N5O4. The molecule has 9 nitrogen and oxygen atoms in total. The number of carbonyl (C=O) groups is 2. The van der Waals surface area contributed by atoms with Crippen molar-refractivity contribution in [3.63, 3.8) is 0 Å². The van der Waals surface area contributed by atoms with E-state index in [-0.39, 0.29) is 5.41 Å². The molecule has 0 amide bonds. The molecule has 45 heavy (non-hydrogen) atoms. The topological polar surface area (TPSA) is 120 Å². The van der Waals surface area contributed by atoms with Crippen LogP contribution in [0.1, 0.15) is 75.7 Å². The van der Waals surface area contributed by atoms with Crippen LogP contribution in [-0.2, 0) is 18.4 Å². The Labute approximate surface area is 262 Å². The minimum absolute atomic E-state index is 0.174. The first kappa shape index (κ1) is 29.9. The van der Waals surface area contributed by atoms with Gasteiger partial charge in [0, 0.05) is 41.4 Å². The van der Waals surface area contributed by atoms with Gasteiger partial charge in [0.1, 0.15) is 12.4 Å². The molecule has 0 spiro atoms. The second-order valence-electron chi connectivity index (χ2n) is 12.1. The Morgan fingerprint density at radius 2 is 1.60 bits per heavy atom. The molecule has 6 rings (SSSR count). The summed E-state index contributed by atoms with van der Waals surface area (Å²) in [7, 11) is 0. The fourth-order valence-electron chi connectivity index (χ4n) is 5.79. The highest BCUT2D eigenvalue weighted by Gasteiger charge is 2.29. The second kappa shape index (κ2) is 12.8. The van der Waals surface area contributed by atoms with E-state index in [9.17, 15) is 9.59 Å². The molecule has 2 aromatic heterocycles. The Morgan fingerprint density at radius 3 is 2.27 bits per heavy atom. The van der Waals surface area contributed by atoms with Gasteiger partial charge < -0.3 is 14.6 Å². The number of hydrogen-bond donors (Lipinski definition) is 1. The summed E-state index contributed by atoms with van der Waals surface area (Å²) in [5, 5.41) is 7.38. The molecule has 0 radical (unpaired) electrons. The highest BCUT2D eigenvalue weighted by atomic mass is 16.5. The molecule has 228 valence electrons. The van der Waals surface area contributed by atoms with Crippen LogP contribution in [-0.4, -0.2) is 38.7 Å². The van der Waals surface area contributed by atoms with E-state index >= 15 is 0 Å². The number of hydrogen-bond acceptors (Lipinski definition) is 9. The van der Waals surface area contributed by atoms with E-state index in [0.29, 0.717) is 53.5 Å². The van der Waals surface area contributed by atoms with E-state index in [2.05, 4.69) is 75.7 Å². The third-order valence-corrected chi connectivity index (χ3v) is 8.55. The number of aldehydes is 2. The van der Waals surface area contributed by atoms with Crippen molar-refractivity contribution in [2.75, 3.05) is 5.32 Å². The SMILES string of the molecule is Cc1nc(-c2nccc(COc3ccc(C(C)(C)c4ccc(C[C@H]5C[C@@H](Nc6ccc(C=O)c(C=O)c6)C5)cc4)cc3)n2)no1. The molecule has 0 saturated heterocycles. The smallest absolute Gasteiger partial charge is 0.240 e. The fraction of sp³-hybridized carbons (Fsp3) is 0.278. The van der Waals surface area contributed by atoms with E-state index in [1.54, 1.807) is 31.3 Å². The number of nitrogens with zero attached hydrogens (tertiary/aromatic N) is 4. The Kier molecular flexibility index (Phi) is 8.51. The molecule has 1 saturated carbocycles. The van der Waals surface area contributed by atoms with Gasteiger partial charge in [-0.05, 0) is 78.3 Å². The summed E-state index contributed by atoms with van der Waals surface area (Å²) in [5.74, 6) is 2.60. The zero-order valence-corrected chi connectivity index (χ0v) is 25.6. The quantitative estimate of drug-likeness (QED) is 0.154. The lowest BCUT2D eigenvalue weighted by Crippen LogP contribution is -2.36. The highest BCUT2D eigenvalue weighted by molar-refractivity contribution is 5.91. The molecule has 0 unspecified atom stereocenters. The molecule has 5 aromatic rings. The van der Waals surface area contributed by atoms with Crippen molar-refractivity contribution < 1.29 is 18.8 Å². The maximum Gasteiger partial charge on any atom is 0.240 e. The van der Waals surface area contributed by atoms with Gasteiger partial charge in [-0.3, -0.25) is 9.59 Å². The van der Waals surface area contributed by atoms with Gasteiger partial charge in [-0.1, -0.05) is 55.4 Å². The van der Waals surface area contributed by atoms with E-state index in [4.69, 9.17) is 9.26 Å². The molecule has 0 bridgehead atoms. The number of benzene rings is 3. The minimum Gasteiger partial charge on any atom is -0.487 e. The van der Waals surface area contributed by atoms with Gasteiger partial charge in [-0.25, -0.2) is 9.97 Å². The summed E-state index contributed by atoms with van der Waals surface area (Å²) in [4.78, 5) is 35.2. The van der Waals surface area contributed by atoms with Crippen LogP contribution >= 0.6 is 0 Å². The molecule has 2 heterocycles. The minimum atomic E-state index is -0.174. The van der Waals surface area contributed by atoms with Crippen LogP contribution in [0.4, 0.5) is 5.69 Å². The molecule has 1 aliphatic carbocycles. The Hall–Kier alpha value is -5.18. The summed E-state index contributed by atoms with van der Waals surface area (Å²) in [5.41, 5.74) is 6.06. The van der Waals surface area contributed by atoms with E-state index in [0.717, 1.165) is 42.7 Å². The predicted octanol–water partition coefficient (Wildman–Crippen LogP) is 6.80. The number of carbonyl (C=O) groups excluding carboxylic acids is 2. The molecular weight excluding hydrogens is 566 g/mol. The molecule has 1 N–H and O–H groups in total. The fourth-order valence-corrected chi connectivity index (χ4v) is 5.79. The first-order valence-electron chi connectivity index (χ1n) is 15.1. The van der Waals surface area contributed by atoms with Crippen LogP contribution in [0.3, 0.4) is 0 Å². The van der Waals surface area contributed by atoms with Crippen LogP contribution in [0.15, 0.2) is 83.5 Å². The largest absolute Gasteiger partial charge is 0.487 e. The Balaban J connectivity index is 1.00. The summed E-state index contributed by atoms with van der Waals surface area (Å²) in [6.07, 6.45) is 6.29. The number of rotatable bonds is 12. The maximum absolute atomic E-state index is 11.3. The van der Waals surface area contributed by atoms with Crippen LogP contribution in [0.25, 0.3) is 11.6 Å². The first-order valence-corrected chi connectivity index (χ1v) is 15.1. The molecule has 9 heteroatoms. The van der Waals surface area contributed by atoms with Crippen molar-refractivity contribution in [1.29, 1.82) is 0 Å². The average molecular weight is 602 g/mol. The lowest BCUT2D eigenvalue weighted by molar-refractivity contribution is 0.109. The van der Waals surface area contributed by atoms with Crippen molar-refractivity contribution in [1.82, 2.24) is 20.1 Å². The van der Waals surface area contributed by atoms with Gasteiger partial charge >= 0.3 is 0 Å². The summed E-state index contributed by atoms with van der Waals surface area (Å²) in [6, 6.07) is 24.7. The highest BCUT2D eigenvalue weighted by Crippen LogP contribution is 2.35. The third-order valence-electron chi connectivity index (χ3n) is 8.55. The van der Waals surface area contributed by atoms with Gasteiger partial charge in [-0.2, -0.15) is 4.98 Å². The maximum atomic E-state index is 11.3. The average Bonchev–Trinajstić information content (AvgIpc) is 3.49. The number of aryl methyl sites for hydroxylation is 1. The molecule has 0 atom stereocenters. The van der Waals surface area contributed by atoms with Gasteiger partial charge in [0.25, 0.3) is 0 Å². The van der Waals surface area contributed by atoms with Gasteiger partial charge in [0.05, 0.1) is 5.69 Å². The van der Waals surface area contributed by atoms with Gasteiger partial charge in [0.2, 0.25) is 17.5 Å². The molecule has 3 aromatic carbocycles. The van der Waals surface area contributed by atoms with Gasteiger partial charge in [0.15, 0.2) is 12.6 Å². The third kappa shape index (κ3) is 6.82. The van der Waals surface area contributed by atoms with E-state index in [1.807, 2.05) is 18.2 Å². The van der Waals surface area contributed by atoms with Crippen LogP contribution < -0.4 is 10.1 Å². The zero-order chi connectivity index (χ0) is 31.4. The van der Waals surface area contributed by atoms with Crippen LogP contribution in [0.2, 0.25) is 0 Å². The van der Waals surface area contributed by atoms with E-state index in [1.165, 1.54) is 16.7 Å². The second-order valence-corrected chi connectivity index (χ2v) is 12.1. The standard InChI is InChI=1S/C36H35N5O4/c1-23-38-35(41-45-23)34-37-15-14-31(40-34)22-44-33-12-9-29(10-13-33)36(2,3)28-7-4-24(5-8-28)16-25-17-32(18-25)39-30-11-6-26(20-42)27(19-30)21-43/h4-15,19-21,25,32,39H,16-18,22H2,1-3H3/t25-,32+. The summed E-state index contributed by atoms with van der Waals surface area (Å²) in [6.45, 7) is 6.49. The van der Waals surface area contributed by atoms with Crippen molar-refractivity contribution in [2.45, 2.75) is 58.1 Å². The van der Waals surface area contributed by atoms with E-state index < -0.39 is 0 Å². The van der Waals surface area contributed by atoms with Gasteiger partial charge in [-0.15, -0.1) is 0 Å². The van der Waals surface area contributed by atoms with Crippen molar-refractivity contribution in [2.24, 2.45) is 5.92 Å². The molecule has 1 aliphatic rings. The summed E-state index contributed by atoms with van der Waals surface area (Å²) >= 11 is 0. The number of ether oxygens (including phenoxy) is 1. The first-order chi connectivity index (χ1) is 21.8.